The lowest BCUT2D eigenvalue weighted by atomic mass is 10.2. The molecule has 1 aromatic carbocycles. The highest BCUT2D eigenvalue weighted by Gasteiger charge is 2.15. The predicted octanol–water partition coefficient (Wildman–Crippen LogP) is 2.17. The van der Waals surface area contributed by atoms with E-state index in [1.54, 1.807) is 19.1 Å². The molecule has 1 atom stereocenters. The van der Waals surface area contributed by atoms with Gasteiger partial charge < -0.3 is 4.74 Å². The molecule has 0 aliphatic rings. The molecule has 1 aromatic rings. The minimum Gasteiger partial charge on any atom is -0.490 e. The third kappa shape index (κ3) is 4.23. The van der Waals surface area contributed by atoms with Crippen molar-refractivity contribution in [3.63, 3.8) is 0 Å². The van der Waals surface area contributed by atoms with Crippen molar-refractivity contribution in [1.29, 1.82) is 5.26 Å². The molecule has 1 rings (SSSR count). The van der Waals surface area contributed by atoms with E-state index in [2.05, 4.69) is 11.4 Å². The van der Waals surface area contributed by atoms with E-state index in [1.807, 2.05) is 6.92 Å². The lowest BCUT2D eigenvalue weighted by Crippen LogP contribution is -2.33. The average Bonchev–Trinajstić information content (AvgIpc) is 2.40. The summed E-state index contributed by atoms with van der Waals surface area (Å²) in [4.78, 5) is 10.3. The van der Waals surface area contributed by atoms with Gasteiger partial charge in [0.15, 0.2) is 0 Å². The van der Waals surface area contributed by atoms with E-state index < -0.39 is 11.0 Å². The highest BCUT2D eigenvalue weighted by atomic mass is 16.6. The van der Waals surface area contributed by atoms with Gasteiger partial charge in [-0.25, -0.2) is 0 Å². The number of nitriles is 1. The van der Waals surface area contributed by atoms with Gasteiger partial charge in [-0.05, 0) is 26.0 Å². The molecule has 6 heteroatoms. The number of nitro benzene ring substituents is 1. The predicted molar refractivity (Wildman–Crippen MR) is 71.0 cm³/mol. The molecule has 0 aliphatic carbocycles. The number of benzene rings is 1. The van der Waals surface area contributed by atoms with E-state index >= 15 is 0 Å². The van der Waals surface area contributed by atoms with E-state index in [-0.39, 0.29) is 12.3 Å². The SMILES string of the molecule is CCCNC(C#N)COc1cccc([N+](=O)[O-])c1C. The Kier molecular flexibility index (Phi) is 5.76. The number of rotatable bonds is 7. The molecule has 0 radical (unpaired) electrons. The highest BCUT2D eigenvalue weighted by molar-refractivity contribution is 5.48. The molecule has 1 N–H and O–H groups in total. The first kappa shape index (κ1) is 14.9. The Bertz CT molecular complexity index is 483. The summed E-state index contributed by atoms with van der Waals surface area (Å²) in [6, 6.07) is 6.34. The summed E-state index contributed by atoms with van der Waals surface area (Å²) in [5.41, 5.74) is 0.493. The molecule has 0 heterocycles. The van der Waals surface area contributed by atoms with Crippen LogP contribution in [0.25, 0.3) is 0 Å². The van der Waals surface area contributed by atoms with E-state index in [1.165, 1.54) is 6.07 Å². The van der Waals surface area contributed by atoms with Crippen molar-refractivity contribution in [1.82, 2.24) is 5.32 Å². The standard InChI is InChI=1S/C13H17N3O3/c1-3-7-15-11(8-14)9-19-13-6-4-5-12(10(13)2)16(17)18/h4-6,11,15H,3,7,9H2,1-2H3. The Morgan fingerprint density at radius 1 is 1.58 bits per heavy atom. The van der Waals surface area contributed by atoms with Crippen molar-refractivity contribution < 1.29 is 9.66 Å². The molecule has 102 valence electrons. The molecule has 0 amide bonds. The quantitative estimate of drug-likeness (QED) is 0.601. The number of nitrogens with zero attached hydrogens (tertiary/aromatic N) is 2. The van der Waals surface area contributed by atoms with E-state index in [9.17, 15) is 10.1 Å². The number of nitro groups is 1. The molecule has 0 saturated carbocycles. The Morgan fingerprint density at radius 3 is 2.89 bits per heavy atom. The van der Waals surface area contributed by atoms with Gasteiger partial charge >= 0.3 is 0 Å². The van der Waals surface area contributed by atoms with Crippen LogP contribution >= 0.6 is 0 Å². The minimum atomic E-state index is -0.445. The monoisotopic (exact) mass is 263 g/mol. The molecule has 0 saturated heterocycles. The molecular formula is C13H17N3O3. The summed E-state index contributed by atoms with van der Waals surface area (Å²) in [5.74, 6) is 0.438. The third-order valence-electron chi connectivity index (χ3n) is 2.65. The summed E-state index contributed by atoms with van der Waals surface area (Å²) < 4.78 is 5.49. The topological polar surface area (TPSA) is 88.2 Å². The highest BCUT2D eigenvalue weighted by Crippen LogP contribution is 2.26. The van der Waals surface area contributed by atoms with Crippen molar-refractivity contribution in [2.45, 2.75) is 26.3 Å². The van der Waals surface area contributed by atoms with Crippen LogP contribution in [0.5, 0.6) is 5.75 Å². The van der Waals surface area contributed by atoms with Crippen LogP contribution in [-0.4, -0.2) is 24.1 Å². The van der Waals surface area contributed by atoms with E-state index in [4.69, 9.17) is 10.00 Å². The summed E-state index contributed by atoms with van der Waals surface area (Å²) >= 11 is 0. The van der Waals surface area contributed by atoms with Gasteiger partial charge in [-0.3, -0.25) is 15.4 Å². The summed E-state index contributed by atoms with van der Waals surface area (Å²) in [5, 5.41) is 22.8. The van der Waals surface area contributed by atoms with Gasteiger partial charge in [-0.2, -0.15) is 5.26 Å². The molecule has 0 fully saturated rings. The van der Waals surface area contributed by atoms with Crippen LogP contribution < -0.4 is 10.1 Å². The fraction of sp³-hybridized carbons (Fsp3) is 0.462. The molecule has 19 heavy (non-hydrogen) atoms. The molecular weight excluding hydrogens is 246 g/mol. The number of nitrogens with one attached hydrogen (secondary N) is 1. The molecule has 0 bridgehead atoms. The zero-order valence-corrected chi connectivity index (χ0v) is 11.0. The smallest absolute Gasteiger partial charge is 0.276 e. The number of ether oxygens (including phenoxy) is 1. The summed E-state index contributed by atoms with van der Waals surface area (Å²) in [6.07, 6.45) is 0.925. The fourth-order valence-corrected chi connectivity index (χ4v) is 1.59. The zero-order chi connectivity index (χ0) is 14.3. The van der Waals surface area contributed by atoms with Crippen LogP contribution in [0.1, 0.15) is 18.9 Å². The second kappa shape index (κ2) is 7.34. The van der Waals surface area contributed by atoms with Crippen molar-refractivity contribution in [3.05, 3.63) is 33.9 Å². The number of hydrogen-bond donors (Lipinski definition) is 1. The van der Waals surface area contributed by atoms with E-state index in [0.717, 1.165) is 13.0 Å². The Hall–Kier alpha value is -2.13. The lowest BCUT2D eigenvalue weighted by Gasteiger charge is -2.13. The van der Waals surface area contributed by atoms with Crippen LogP contribution in [0.3, 0.4) is 0 Å². The fourth-order valence-electron chi connectivity index (χ4n) is 1.59. The van der Waals surface area contributed by atoms with Crippen LogP contribution in [0, 0.1) is 28.4 Å². The first-order valence-electron chi connectivity index (χ1n) is 6.10. The molecule has 0 spiro atoms. The second-order valence-electron chi connectivity index (χ2n) is 4.10. The van der Waals surface area contributed by atoms with Crippen LogP contribution in [0.2, 0.25) is 0 Å². The van der Waals surface area contributed by atoms with Crippen molar-refractivity contribution >= 4 is 5.69 Å². The van der Waals surface area contributed by atoms with Gasteiger partial charge in [0.05, 0.1) is 16.6 Å². The zero-order valence-electron chi connectivity index (χ0n) is 11.0. The molecule has 0 aliphatic heterocycles. The maximum Gasteiger partial charge on any atom is 0.276 e. The summed E-state index contributed by atoms with van der Waals surface area (Å²) in [6.45, 7) is 4.54. The molecule has 6 nitrogen and oxygen atoms in total. The normalized spacial score (nSPS) is 11.6. The van der Waals surface area contributed by atoms with E-state index in [0.29, 0.717) is 11.3 Å². The van der Waals surface area contributed by atoms with Crippen LogP contribution in [0.15, 0.2) is 18.2 Å². The largest absolute Gasteiger partial charge is 0.490 e. The third-order valence-corrected chi connectivity index (χ3v) is 2.65. The summed E-state index contributed by atoms with van der Waals surface area (Å²) in [7, 11) is 0. The van der Waals surface area contributed by atoms with Gasteiger partial charge in [0, 0.05) is 6.07 Å². The van der Waals surface area contributed by atoms with Crippen LogP contribution in [-0.2, 0) is 0 Å². The van der Waals surface area contributed by atoms with Gasteiger partial charge in [-0.15, -0.1) is 0 Å². The lowest BCUT2D eigenvalue weighted by molar-refractivity contribution is -0.385. The van der Waals surface area contributed by atoms with Gasteiger partial charge in [-0.1, -0.05) is 13.0 Å². The number of hydrogen-bond acceptors (Lipinski definition) is 5. The first-order chi connectivity index (χ1) is 9.10. The Morgan fingerprint density at radius 2 is 2.32 bits per heavy atom. The Labute approximate surface area is 112 Å². The van der Waals surface area contributed by atoms with Gasteiger partial charge in [0.25, 0.3) is 5.69 Å². The van der Waals surface area contributed by atoms with Gasteiger partial charge in [0.1, 0.15) is 18.4 Å². The van der Waals surface area contributed by atoms with Crippen LogP contribution in [0.4, 0.5) is 5.69 Å². The average molecular weight is 263 g/mol. The van der Waals surface area contributed by atoms with Crippen molar-refractivity contribution in [3.8, 4) is 11.8 Å². The minimum absolute atomic E-state index is 0.0209. The Balaban J connectivity index is 2.70. The maximum absolute atomic E-state index is 10.8. The van der Waals surface area contributed by atoms with Crippen molar-refractivity contribution in [2.75, 3.05) is 13.2 Å². The van der Waals surface area contributed by atoms with Gasteiger partial charge in [0.2, 0.25) is 0 Å². The maximum atomic E-state index is 10.8. The molecule has 0 aromatic heterocycles. The molecule has 1 unspecified atom stereocenters. The second-order valence-corrected chi connectivity index (χ2v) is 4.10. The van der Waals surface area contributed by atoms with Crippen molar-refractivity contribution in [2.24, 2.45) is 0 Å². The first-order valence-corrected chi connectivity index (χ1v) is 6.10.